The quantitative estimate of drug-likeness (QED) is 0.0775. The van der Waals surface area contributed by atoms with Crippen LogP contribution < -0.4 is 18.9 Å². The smallest absolute Gasteiger partial charge is 0.347 e. The number of methoxy groups -OCH3 is 2. The van der Waals surface area contributed by atoms with E-state index in [2.05, 4.69) is 0 Å². The largest absolute Gasteiger partial charge is 0.497 e. The molecule has 1 aromatic heterocycles. The number of carbonyl (C=O) groups is 2. The Kier molecular flexibility index (Phi) is 8.15. The Balaban J connectivity index is 1.28. The van der Waals surface area contributed by atoms with Gasteiger partial charge in [-0.2, -0.15) is 0 Å². The van der Waals surface area contributed by atoms with Gasteiger partial charge in [0.1, 0.15) is 46.5 Å². The monoisotopic (exact) mass is 548 g/mol. The highest BCUT2D eigenvalue weighted by Gasteiger charge is 2.21. The number of benzene rings is 4. The first kappa shape index (κ1) is 27.3. The Hall–Kier alpha value is -5.30. The average Bonchev–Trinajstić information content (AvgIpc) is 3.34. The van der Waals surface area contributed by atoms with E-state index in [1.54, 1.807) is 67.6 Å². The second kappa shape index (κ2) is 12.3. The summed E-state index contributed by atoms with van der Waals surface area (Å²) >= 11 is 0. The number of hydrogen-bond donors (Lipinski definition) is 0. The van der Waals surface area contributed by atoms with Crippen molar-refractivity contribution in [3.05, 3.63) is 125 Å². The van der Waals surface area contributed by atoms with E-state index in [1.165, 1.54) is 20.3 Å². The molecule has 0 radical (unpaired) electrons. The molecule has 7 heteroatoms. The molecule has 0 unspecified atom stereocenters. The van der Waals surface area contributed by atoms with Crippen LogP contribution in [0.1, 0.15) is 37.6 Å². The lowest BCUT2D eigenvalue weighted by atomic mass is 10.1. The Labute approximate surface area is 237 Å². The predicted octanol–water partition coefficient (Wildman–Crippen LogP) is 7.45. The van der Waals surface area contributed by atoms with E-state index >= 15 is 0 Å². The number of esters is 1. The molecule has 206 valence electrons. The highest BCUT2D eigenvalue weighted by Crippen LogP contribution is 2.31. The van der Waals surface area contributed by atoms with Gasteiger partial charge in [-0.25, -0.2) is 4.79 Å². The molecule has 7 nitrogen and oxygen atoms in total. The van der Waals surface area contributed by atoms with Gasteiger partial charge >= 0.3 is 5.97 Å². The van der Waals surface area contributed by atoms with Crippen LogP contribution >= 0.6 is 0 Å². The van der Waals surface area contributed by atoms with E-state index in [1.807, 2.05) is 36.4 Å². The van der Waals surface area contributed by atoms with Crippen molar-refractivity contribution in [3.8, 4) is 23.0 Å². The van der Waals surface area contributed by atoms with Crippen molar-refractivity contribution >= 4 is 28.8 Å². The summed E-state index contributed by atoms with van der Waals surface area (Å²) in [4.78, 5) is 25.9. The van der Waals surface area contributed by atoms with Crippen molar-refractivity contribution in [2.24, 2.45) is 0 Å². The minimum absolute atomic E-state index is 0.231. The molecule has 0 fully saturated rings. The first-order chi connectivity index (χ1) is 19.9. The number of allylic oxidation sites excluding steroid dienone is 1. The summed E-state index contributed by atoms with van der Waals surface area (Å²) in [5.41, 5.74) is 3.10. The van der Waals surface area contributed by atoms with Gasteiger partial charge in [-0.15, -0.1) is 0 Å². The zero-order valence-electron chi connectivity index (χ0n) is 22.9. The lowest BCUT2D eigenvalue weighted by Gasteiger charge is -2.08. The SMILES string of the molecule is COc1ccc(OC)c(C(=O)C=Cc2ccc(OC(=O)c3c(C)oc4ccc(OCc5ccccc5)cc34)cc2)c1. The maximum atomic E-state index is 13.2. The number of rotatable bonds is 10. The molecule has 0 atom stereocenters. The molecular formula is C34H28O7. The third kappa shape index (κ3) is 6.31. The molecule has 5 aromatic rings. The number of ether oxygens (including phenoxy) is 4. The van der Waals surface area contributed by atoms with Gasteiger partial charge in [0.15, 0.2) is 5.78 Å². The number of aryl methyl sites for hydroxylation is 1. The van der Waals surface area contributed by atoms with E-state index in [0.29, 0.717) is 57.5 Å². The van der Waals surface area contributed by atoms with E-state index in [9.17, 15) is 9.59 Å². The molecule has 4 aromatic carbocycles. The summed E-state index contributed by atoms with van der Waals surface area (Å²) in [6.07, 6.45) is 3.13. The standard InChI is InChI=1S/C34H28O7/c1-22-33(29-20-27(15-18-32(29)40-22)39-21-24-7-5-4-6-8-24)34(36)41-25-12-9-23(10-13-25)11-16-30(35)28-19-26(37-2)14-17-31(28)38-3/h4-20H,21H2,1-3H3. The summed E-state index contributed by atoms with van der Waals surface area (Å²) in [5.74, 6) is 1.68. The van der Waals surface area contributed by atoms with Gasteiger partial charge in [0.05, 0.1) is 19.8 Å². The number of fused-ring (bicyclic) bond motifs is 1. The van der Waals surface area contributed by atoms with Gasteiger partial charge in [-0.1, -0.05) is 48.5 Å². The Morgan fingerprint density at radius 3 is 2.27 bits per heavy atom. The van der Waals surface area contributed by atoms with Crippen LogP contribution in [-0.2, 0) is 6.61 Å². The van der Waals surface area contributed by atoms with Crippen LogP contribution in [0.2, 0.25) is 0 Å². The summed E-state index contributed by atoms with van der Waals surface area (Å²) in [7, 11) is 3.05. The first-order valence-corrected chi connectivity index (χ1v) is 12.9. The maximum Gasteiger partial charge on any atom is 0.347 e. The highest BCUT2D eigenvalue weighted by molar-refractivity contribution is 6.09. The van der Waals surface area contributed by atoms with E-state index in [4.69, 9.17) is 23.4 Å². The summed E-state index contributed by atoms with van der Waals surface area (Å²) < 4.78 is 27.9. The second-order valence-electron chi connectivity index (χ2n) is 9.19. The molecule has 0 saturated carbocycles. The molecule has 0 saturated heterocycles. The zero-order chi connectivity index (χ0) is 28.8. The molecular weight excluding hydrogens is 520 g/mol. The van der Waals surface area contributed by atoms with Gasteiger partial charge in [0.2, 0.25) is 0 Å². The molecule has 5 rings (SSSR count). The van der Waals surface area contributed by atoms with E-state index < -0.39 is 5.97 Å². The van der Waals surface area contributed by atoms with Crippen molar-refractivity contribution in [1.82, 2.24) is 0 Å². The van der Waals surface area contributed by atoms with Crippen LogP contribution in [0.3, 0.4) is 0 Å². The molecule has 0 aliphatic carbocycles. The number of ketones is 1. The van der Waals surface area contributed by atoms with Gasteiger partial charge in [0.25, 0.3) is 0 Å². The minimum Gasteiger partial charge on any atom is -0.497 e. The van der Waals surface area contributed by atoms with Gasteiger partial charge < -0.3 is 23.4 Å². The predicted molar refractivity (Wildman–Crippen MR) is 156 cm³/mol. The van der Waals surface area contributed by atoms with Crippen LogP contribution in [0.25, 0.3) is 17.0 Å². The van der Waals surface area contributed by atoms with Crippen molar-refractivity contribution in [3.63, 3.8) is 0 Å². The molecule has 0 bridgehead atoms. The Bertz CT molecular complexity index is 1710. The zero-order valence-corrected chi connectivity index (χ0v) is 22.9. The normalized spacial score (nSPS) is 11.0. The number of carbonyl (C=O) groups excluding carboxylic acids is 2. The fourth-order valence-corrected chi connectivity index (χ4v) is 4.36. The summed E-state index contributed by atoms with van der Waals surface area (Å²) in [6.45, 7) is 2.13. The molecule has 0 amide bonds. The lowest BCUT2D eigenvalue weighted by molar-refractivity contribution is 0.0734. The molecule has 0 spiro atoms. The van der Waals surface area contributed by atoms with Crippen LogP contribution in [0.4, 0.5) is 0 Å². The van der Waals surface area contributed by atoms with Crippen molar-refractivity contribution in [2.75, 3.05) is 14.2 Å². The number of furan rings is 1. The van der Waals surface area contributed by atoms with E-state index in [-0.39, 0.29) is 5.78 Å². The van der Waals surface area contributed by atoms with Crippen molar-refractivity contribution < 1.29 is 33.0 Å². The lowest BCUT2D eigenvalue weighted by Crippen LogP contribution is -2.09. The Morgan fingerprint density at radius 2 is 1.54 bits per heavy atom. The molecule has 0 aliphatic rings. The fraction of sp³-hybridized carbons (Fsp3) is 0.118. The van der Waals surface area contributed by atoms with Crippen LogP contribution in [0.15, 0.2) is 101 Å². The van der Waals surface area contributed by atoms with Crippen LogP contribution in [-0.4, -0.2) is 26.0 Å². The average molecular weight is 549 g/mol. The molecule has 0 aliphatic heterocycles. The first-order valence-electron chi connectivity index (χ1n) is 12.9. The van der Waals surface area contributed by atoms with E-state index in [0.717, 1.165) is 11.1 Å². The van der Waals surface area contributed by atoms with Crippen molar-refractivity contribution in [2.45, 2.75) is 13.5 Å². The fourth-order valence-electron chi connectivity index (χ4n) is 4.36. The number of hydrogen-bond acceptors (Lipinski definition) is 7. The summed E-state index contributed by atoms with van der Waals surface area (Å²) in [5, 5.41) is 0.615. The van der Waals surface area contributed by atoms with Crippen LogP contribution in [0, 0.1) is 6.92 Å². The molecule has 0 N–H and O–H groups in total. The topological polar surface area (TPSA) is 84.2 Å². The minimum atomic E-state index is -0.537. The second-order valence-corrected chi connectivity index (χ2v) is 9.19. The third-order valence-corrected chi connectivity index (χ3v) is 6.48. The third-order valence-electron chi connectivity index (χ3n) is 6.48. The summed E-state index contributed by atoms with van der Waals surface area (Å²) in [6, 6.07) is 27.1. The maximum absolute atomic E-state index is 13.2. The van der Waals surface area contributed by atoms with Gasteiger partial charge in [-0.3, -0.25) is 4.79 Å². The van der Waals surface area contributed by atoms with Gasteiger partial charge in [-0.05, 0) is 72.7 Å². The Morgan fingerprint density at radius 1 is 0.805 bits per heavy atom. The van der Waals surface area contributed by atoms with Crippen LogP contribution in [0.5, 0.6) is 23.0 Å². The highest BCUT2D eigenvalue weighted by atomic mass is 16.5. The van der Waals surface area contributed by atoms with Crippen molar-refractivity contribution in [1.29, 1.82) is 0 Å². The van der Waals surface area contributed by atoms with Gasteiger partial charge in [0, 0.05) is 5.39 Å². The molecule has 1 heterocycles. The molecule has 41 heavy (non-hydrogen) atoms.